The second-order valence-electron chi connectivity index (χ2n) is 5.32. The molecule has 2 N–H and O–H groups in total. The van der Waals surface area contributed by atoms with E-state index >= 15 is 0 Å². The molecule has 18 heavy (non-hydrogen) atoms. The third-order valence-corrected chi connectivity index (χ3v) is 4.00. The number of hydrogen-bond donors (Lipinski definition) is 2. The zero-order valence-electron chi connectivity index (χ0n) is 10.9. The van der Waals surface area contributed by atoms with Crippen LogP contribution in [0.4, 0.5) is 5.69 Å². The zero-order valence-corrected chi connectivity index (χ0v) is 10.9. The molecule has 0 saturated carbocycles. The molecule has 3 heteroatoms. The molecule has 2 heterocycles. The lowest BCUT2D eigenvalue weighted by atomic mass is 10.0. The lowest BCUT2D eigenvalue weighted by Crippen LogP contribution is -2.18. The SMILES string of the molecule is c1cc2c(c(CNCCC3CCOC3)c1)NCC2. The van der Waals surface area contributed by atoms with Crippen LogP contribution in [0.1, 0.15) is 24.0 Å². The summed E-state index contributed by atoms with van der Waals surface area (Å²) in [7, 11) is 0. The number of para-hydroxylation sites is 1. The predicted octanol–water partition coefficient (Wildman–Crippen LogP) is 2.17. The fraction of sp³-hybridized carbons (Fsp3) is 0.600. The minimum atomic E-state index is 0.775. The van der Waals surface area contributed by atoms with Gasteiger partial charge in [0.2, 0.25) is 0 Å². The number of benzene rings is 1. The highest BCUT2D eigenvalue weighted by Gasteiger charge is 2.15. The Kier molecular flexibility index (Phi) is 3.81. The Balaban J connectivity index is 1.47. The Morgan fingerprint density at radius 3 is 3.28 bits per heavy atom. The minimum Gasteiger partial charge on any atom is -0.384 e. The molecule has 1 aromatic rings. The number of rotatable bonds is 5. The topological polar surface area (TPSA) is 33.3 Å². The standard InChI is InChI=1S/C15H22N2O/c1-2-13-5-8-17-15(13)14(3-1)10-16-7-4-12-6-9-18-11-12/h1-3,12,16-17H,4-11H2. The second kappa shape index (κ2) is 5.72. The summed E-state index contributed by atoms with van der Waals surface area (Å²) >= 11 is 0. The zero-order chi connectivity index (χ0) is 12.2. The van der Waals surface area contributed by atoms with E-state index in [0.717, 1.165) is 38.8 Å². The summed E-state index contributed by atoms with van der Waals surface area (Å²) in [5, 5.41) is 7.05. The van der Waals surface area contributed by atoms with E-state index in [9.17, 15) is 0 Å². The number of fused-ring (bicyclic) bond motifs is 1. The van der Waals surface area contributed by atoms with Crippen molar-refractivity contribution in [2.24, 2.45) is 5.92 Å². The summed E-state index contributed by atoms with van der Waals surface area (Å²) < 4.78 is 5.40. The van der Waals surface area contributed by atoms with Gasteiger partial charge in [-0.2, -0.15) is 0 Å². The molecule has 3 rings (SSSR count). The van der Waals surface area contributed by atoms with Crippen molar-refractivity contribution in [1.82, 2.24) is 5.32 Å². The van der Waals surface area contributed by atoms with Crippen LogP contribution in [-0.2, 0) is 17.7 Å². The van der Waals surface area contributed by atoms with Gasteiger partial charge in [0.05, 0.1) is 0 Å². The van der Waals surface area contributed by atoms with E-state index in [0.29, 0.717) is 0 Å². The molecule has 3 nitrogen and oxygen atoms in total. The molecular formula is C15H22N2O. The van der Waals surface area contributed by atoms with Crippen molar-refractivity contribution < 1.29 is 4.74 Å². The van der Waals surface area contributed by atoms with Crippen molar-refractivity contribution in [3.05, 3.63) is 29.3 Å². The van der Waals surface area contributed by atoms with E-state index < -0.39 is 0 Å². The maximum atomic E-state index is 5.40. The molecule has 0 aromatic heterocycles. The summed E-state index contributed by atoms with van der Waals surface area (Å²) in [6.45, 7) is 5.08. The molecule has 2 aliphatic heterocycles. The van der Waals surface area contributed by atoms with Gasteiger partial charge in [-0.15, -0.1) is 0 Å². The summed E-state index contributed by atoms with van der Waals surface area (Å²) in [6.07, 6.45) is 3.65. The maximum absolute atomic E-state index is 5.40. The Hall–Kier alpha value is -1.06. The molecule has 0 spiro atoms. The Bertz CT molecular complexity index is 399. The highest BCUT2D eigenvalue weighted by molar-refractivity contribution is 5.61. The number of nitrogens with one attached hydrogen (secondary N) is 2. The van der Waals surface area contributed by atoms with Crippen molar-refractivity contribution in [2.45, 2.75) is 25.8 Å². The van der Waals surface area contributed by atoms with E-state index in [1.165, 1.54) is 36.1 Å². The summed E-state index contributed by atoms with van der Waals surface area (Å²) in [4.78, 5) is 0. The Morgan fingerprint density at radius 2 is 2.39 bits per heavy atom. The third-order valence-electron chi connectivity index (χ3n) is 4.00. The van der Waals surface area contributed by atoms with Crippen LogP contribution in [0.2, 0.25) is 0 Å². The molecule has 2 aliphatic rings. The first-order valence-corrected chi connectivity index (χ1v) is 7.06. The van der Waals surface area contributed by atoms with E-state index in [4.69, 9.17) is 4.74 Å². The van der Waals surface area contributed by atoms with E-state index in [1.807, 2.05) is 0 Å². The van der Waals surface area contributed by atoms with Crippen molar-refractivity contribution in [2.75, 3.05) is 31.6 Å². The number of hydrogen-bond acceptors (Lipinski definition) is 3. The van der Waals surface area contributed by atoms with Gasteiger partial charge in [-0.3, -0.25) is 0 Å². The lowest BCUT2D eigenvalue weighted by molar-refractivity contribution is 0.184. The largest absolute Gasteiger partial charge is 0.384 e. The average Bonchev–Trinajstić information content (AvgIpc) is 3.05. The van der Waals surface area contributed by atoms with Gasteiger partial charge in [-0.1, -0.05) is 18.2 Å². The number of anilines is 1. The van der Waals surface area contributed by atoms with Gasteiger partial charge in [0.1, 0.15) is 0 Å². The van der Waals surface area contributed by atoms with Crippen LogP contribution >= 0.6 is 0 Å². The average molecular weight is 246 g/mol. The van der Waals surface area contributed by atoms with Gasteiger partial charge in [0.15, 0.2) is 0 Å². The maximum Gasteiger partial charge on any atom is 0.0495 e. The lowest BCUT2D eigenvalue weighted by Gasteiger charge is -2.11. The quantitative estimate of drug-likeness (QED) is 0.781. The first-order chi connectivity index (χ1) is 8.93. The van der Waals surface area contributed by atoms with Crippen LogP contribution in [0.3, 0.4) is 0 Å². The highest BCUT2D eigenvalue weighted by atomic mass is 16.5. The normalized spacial score (nSPS) is 21.9. The van der Waals surface area contributed by atoms with Crippen molar-refractivity contribution in [3.63, 3.8) is 0 Å². The molecule has 1 saturated heterocycles. The molecule has 0 amide bonds. The molecule has 0 aliphatic carbocycles. The first-order valence-electron chi connectivity index (χ1n) is 7.06. The molecule has 1 atom stereocenters. The van der Waals surface area contributed by atoms with Crippen LogP contribution < -0.4 is 10.6 Å². The first kappa shape index (κ1) is 12.0. The molecule has 98 valence electrons. The molecule has 1 aromatic carbocycles. The van der Waals surface area contributed by atoms with Gasteiger partial charge in [0.25, 0.3) is 0 Å². The van der Waals surface area contributed by atoms with Crippen molar-refractivity contribution in [1.29, 1.82) is 0 Å². The van der Waals surface area contributed by atoms with Gasteiger partial charge >= 0.3 is 0 Å². The second-order valence-corrected chi connectivity index (χ2v) is 5.32. The van der Waals surface area contributed by atoms with Crippen LogP contribution in [-0.4, -0.2) is 26.3 Å². The minimum absolute atomic E-state index is 0.775. The molecule has 0 radical (unpaired) electrons. The summed E-state index contributed by atoms with van der Waals surface area (Å²) in [6, 6.07) is 6.63. The van der Waals surface area contributed by atoms with Crippen LogP contribution in [0, 0.1) is 5.92 Å². The Morgan fingerprint density at radius 1 is 1.39 bits per heavy atom. The van der Waals surface area contributed by atoms with Crippen molar-refractivity contribution >= 4 is 5.69 Å². The monoisotopic (exact) mass is 246 g/mol. The third kappa shape index (κ3) is 2.68. The van der Waals surface area contributed by atoms with E-state index in [2.05, 4.69) is 28.8 Å². The highest BCUT2D eigenvalue weighted by Crippen LogP contribution is 2.26. The van der Waals surface area contributed by atoms with E-state index in [-0.39, 0.29) is 0 Å². The van der Waals surface area contributed by atoms with Gasteiger partial charge < -0.3 is 15.4 Å². The summed E-state index contributed by atoms with van der Waals surface area (Å²) in [5.74, 6) is 0.775. The van der Waals surface area contributed by atoms with Gasteiger partial charge in [-0.25, -0.2) is 0 Å². The van der Waals surface area contributed by atoms with Gasteiger partial charge in [0, 0.05) is 32.0 Å². The van der Waals surface area contributed by atoms with Gasteiger partial charge in [-0.05, 0) is 42.9 Å². The van der Waals surface area contributed by atoms with Crippen LogP contribution in [0.25, 0.3) is 0 Å². The molecular weight excluding hydrogens is 224 g/mol. The van der Waals surface area contributed by atoms with Crippen LogP contribution in [0.15, 0.2) is 18.2 Å². The predicted molar refractivity (Wildman–Crippen MR) is 73.9 cm³/mol. The molecule has 1 fully saturated rings. The summed E-state index contributed by atoms with van der Waals surface area (Å²) in [5.41, 5.74) is 4.25. The fourth-order valence-electron chi connectivity index (χ4n) is 2.90. The number of ether oxygens (including phenoxy) is 1. The smallest absolute Gasteiger partial charge is 0.0495 e. The molecule has 1 unspecified atom stereocenters. The Labute approximate surface area is 109 Å². The van der Waals surface area contributed by atoms with E-state index in [1.54, 1.807) is 0 Å². The van der Waals surface area contributed by atoms with Crippen LogP contribution in [0.5, 0.6) is 0 Å². The fourth-order valence-corrected chi connectivity index (χ4v) is 2.90. The molecule has 0 bridgehead atoms. The van der Waals surface area contributed by atoms with Crippen molar-refractivity contribution in [3.8, 4) is 0 Å².